The molecule has 19 heteroatoms. The second-order valence-corrected chi connectivity index (χ2v) is 10.0. The highest BCUT2D eigenvalue weighted by Crippen LogP contribution is 2.33. The summed E-state index contributed by atoms with van der Waals surface area (Å²) in [5.74, 6) is 0.637. The molecule has 6 heterocycles. The van der Waals surface area contributed by atoms with Crippen LogP contribution in [0.3, 0.4) is 0 Å². The number of nitrogens with zero attached hydrogens (tertiary/aromatic N) is 8. The van der Waals surface area contributed by atoms with E-state index >= 15 is 0 Å². The van der Waals surface area contributed by atoms with Gasteiger partial charge in [0, 0.05) is 6.54 Å². The highest BCUT2D eigenvalue weighted by molar-refractivity contribution is 5.83. The molecule has 0 unspecified atom stereocenters. The maximum atomic E-state index is 10.6. The number of anilines is 2. The number of hydrogen-bond donors (Lipinski definition) is 7. The van der Waals surface area contributed by atoms with E-state index in [-0.39, 0.29) is 25.6 Å². The number of fused-ring (bicyclic) bond motifs is 2. The van der Waals surface area contributed by atoms with Crippen molar-refractivity contribution in [1.82, 2.24) is 39.0 Å². The van der Waals surface area contributed by atoms with Crippen LogP contribution in [0.1, 0.15) is 12.5 Å². The van der Waals surface area contributed by atoms with Crippen molar-refractivity contribution in [3.8, 4) is 0 Å². The van der Waals surface area contributed by atoms with Gasteiger partial charge in [-0.15, -0.1) is 0 Å². The smallest absolute Gasteiger partial charge is 0.167 e. The van der Waals surface area contributed by atoms with Crippen LogP contribution in [-0.4, -0.2) is 141 Å². The minimum Gasteiger partial charge on any atom is -0.394 e. The van der Waals surface area contributed by atoms with E-state index in [1.54, 1.807) is 0 Å². The number of nitrogens with one attached hydrogen (secondary N) is 1. The number of imidazole rings is 2. The Morgan fingerprint density at radius 1 is 0.744 bits per heavy atom. The molecule has 2 saturated heterocycles. The largest absolute Gasteiger partial charge is 0.394 e. The Morgan fingerprint density at radius 3 is 2.05 bits per heavy atom. The number of nitrogen functional groups attached to an aromatic ring is 1. The molecule has 0 amide bonds. The number of ether oxygens (including phenoxy) is 4. The molecule has 2 fully saturated rings. The summed E-state index contributed by atoms with van der Waals surface area (Å²) in [5.41, 5.74) is 7.38. The topological polar surface area (TPSA) is 263 Å². The van der Waals surface area contributed by atoms with Crippen LogP contribution in [0.4, 0.5) is 11.6 Å². The molecule has 6 rings (SSSR count). The third-order valence-corrected chi connectivity index (χ3v) is 7.34. The number of hydrogen-bond acceptors (Lipinski definition) is 17. The van der Waals surface area contributed by atoms with Crippen molar-refractivity contribution in [2.45, 2.75) is 49.1 Å². The third-order valence-electron chi connectivity index (χ3n) is 7.34. The van der Waals surface area contributed by atoms with Gasteiger partial charge in [-0.1, -0.05) is 0 Å². The number of aliphatic hydroxyl groups excluding tert-OH is 5. The van der Waals surface area contributed by atoms with Gasteiger partial charge in [0.1, 0.15) is 54.8 Å². The molecule has 4 aromatic rings. The first-order chi connectivity index (χ1) is 20.9. The summed E-state index contributed by atoms with van der Waals surface area (Å²) in [7, 11) is 0. The van der Waals surface area contributed by atoms with Crippen LogP contribution in [0.25, 0.3) is 22.3 Å². The van der Waals surface area contributed by atoms with Crippen molar-refractivity contribution >= 4 is 34.0 Å². The van der Waals surface area contributed by atoms with Crippen molar-refractivity contribution < 1.29 is 44.5 Å². The summed E-state index contributed by atoms with van der Waals surface area (Å²) in [5, 5.41) is 53.9. The maximum absolute atomic E-state index is 10.6. The van der Waals surface area contributed by atoms with Gasteiger partial charge >= 0.3 is 0 Å². The first kappa shape index (κ1) is 29.4. The van der Waals surface area contributed by atoms with E-state index < -0.39 is 55.7 Å². The highest BCUT2D eigenvalue weighted by atomic mass is 16.6. The molecule has 8 N–H and O–H groups in total. The van der Waals surface area contributed by atoms with Gasteiger partial charge < -0.3 is 55.5 Å². The Balaban J connectivity index is 0.935. The Labute approximate surface area is 242 Å². The van der Waals surface area contributed by atoms with Crippen molar-refractivity contribution in [1.29, 1.82) is 0 Å². The molecule has 0 saturated carbocycles. The molecule has 19 nitrogen and oxygen atoms in total. The van der Waals surface area contributed by atoms with Crippen molar-refractivity contribution in [3.05, 3.63) is 25.3 Å². The Bertz CT molecular complexity index is 1540. The molecule has 0 radical (unpaired) electrons. The Kier molecular flexibility index (Phi) is 8.56. The fraction of sp³-hybridized carbons (Fsp3) is 0.583. The second-order valence-electron chi connectivity index (χ2n) is 10.0. The van der Waals surface area contributed by atoms with Gasteiger partial charge in [0.05, 0.1) is 45.7 Å². The zero-order valence-corrected chi connectivity index (χ0v) is 22.7. The van der Waals surface area contributed by atoms with E-state index in [2.05, 4.69) is 35.2 Å². The van der Waals surface area contributed by atoms with Gasteiger partial charge in [0.15, 0.2) is 40.9 Å². The Hall–Kier alpha value is -3.66. The average Bonchev–Trinajstić information content (AvgIpc) is 3.77. The summed E-state index contributed by atoms with van der Waals surface area (Å²) in [4.78, 5) is 25.0. The van der Waals surface area contributed by atoms with Gasteiger partial charge in [0.25, 0.3) is 0 Å². The molecule has 232 valence electrons. The molecular formula is C24H32N10O9. The van der Waals surface area contributed by atoms with Crippen LogP contribution < -0.4 is 11.1 Å². The molecule has 8 atom stereocenters. The first-order valence-electron chi connectivity index (χ1n) is 13.5. The van der Waals surface area contributed by atoms with Gasteiger partial charge in [-0.3, -0.25) is 9.13 Å². The van der Waals surface area contributed by atoms with E-state index in [0.717, 1.165) is 0 Å². The third kappa shape index (κ3) is 5.57. The lowest BCUT2D eigenvalue weighted by Gasteiger charge is -2.16. The lowest BCUT2D eigenvalue weighted by molar-refractivity contribution is -0.0710. The van der Waals surface area contributed by atoms with Gasteiger partial charge in [-0.2, -0.15) is 0 Å². The minimum absolute atomic E-state index is 0.0250. The highest BCUT2D eigenvalue weighted by Gasteiger charge is 2.45. The molecule has 0 aromatic carbocycles. The van der Waals surface area contributed by atoms with Gasteiger partial charge in [-0.05, 0) is 0 Å². The number of rotatable bonds is 12. The van der Waals surface area contributed by atoms with Crippen LogP contribution in [0.2, 0.25) is 0 Å². The molecule has 2 aliphatic heterocycles. The zero-order chi connectivity index (χ0) is 30.1. The lowest BCUT2D eigenvalue weighted by atomic mass is 10.1. The average molecular weight is 605 g/mol. The van der Waals surface area contributed by atoms with Crippen LogP contribution in [0.15, 0.2) is 25.3 Å². The molecule has 2 aliphatic rings. The summed E-state index contributed by atoms with van der Waals surface area (Å²) >= 11 is 0. The van der Waals surface area contributed by atoms with Crippen LogP contribution in [-0.2, 0) is 18.9 Å². The molecule has 0 spiro atoms. The monoisotopic (exact) mass is 604 g/mol. The van der Waals surface area contributed by atoms with Crippen molar-refractivity contribution in [2.75, 3.05) is 50.6 Å². The summed E-state index contributed by atoms with van der Waals surface area (Å²) in [6.45, 7) is 0.766. The fourth-order valence-electron chi connectivity index (χ4n) is 5.09. The lowest BCUT2D eigenvalue weighted by Crippen LogP contribution is -2.34. The SMILES string of the molecule is Nc1ncnc2c1ncn2[C@@H]1O[C@H](COCCOCCNc2ncnc3c2ncn3[C@@H]2O[C@H](CO)[C@@H](O)[C@H]2O)[C@@H](O)[C@H]1O. The first-order valence-corrected chi connectivity index (χ1v) is 13.5. The summed E-state index contributed by atoms with van der Waals surface area (Å²) < 4.78 is 25.6. The van der Waals surface area contributed by atoms with Crippen LogP contribution >= 0.6 is 0 Å². The summed E-state index contributed by atoms with van der Waals surface area (Å²) in [6, 6.07) is 0. The quantitative estimate of drug-likeness (QED) is 0.0790. The van der Waals surface area contributed by atoms with Gasteiger partial charge in [-0.25, -0.2) is 29.9 Å². The van der Waals surface area contributed by atoms with E-state index in [4.69, 9.17) is 24.7 Å². The molecular weight excluding hydrogens is 572 g/mol. The van der Waals surface area contributed by atoms with Crippen LogP contribution in [0, 0.1) is 0 Å². The second kappa shape index (κ2) is 12.5. The van der Waals surface area contributed by atoms with Crippen molar-refractivity contribution in [2.24, 2.45) is 0 Å². The molecule has 43 heavy (non-hydrogen) atoms. The number of aliphatic hydroxyl groups is 5. The fourth-order valence-corrected chi connectivity index (χ4v) is 5.09. The predicted octanol–water partition coefficient (Wildman–Crippen LogP) is -3.08. The molecule has 4 aromatic heterocycles. The Morgan fingerprint density at radius 2 is 1.35 bits per heavy atom. The number of nitrogens with two attached hydrogens (primary N) is 1. The maximum Gasteiger partial charge on any atom is 0.167 e. The molecule has 0 bridgehead atoms. The summed E-state index contributed by atoms with van der Waals surface area (Å²) in [6.07, 6.45) is -3.07. The van der Waals surface area contributed by atoms with E-state index in [0.29, 0.717) is 41.3 Å². The van der Waals surface area contributed by atoms with Crippen LogP contribution in [0.5, 0.6) is 0 Å². The predicted molar refractivity (Wildman–Crippen MR) is 144 cm³/mol. The minimum atomic E-state index is -1.27. The molecule has 0 aliphatic carbocycles. The van der Waals surface area contributed by atoms with E-state index in [9.17, 15) is 25.5 Å². The normalized spacial score (nSPS) is 29.2. The van der Waals surface area contributed by atoms with E-state index in [1.807, 2.05) is 0 Å². The van der Waals surface area contributed by atoms with E-state index in [1.165, 1.54) is 34.4 Å². The standard InChI is InChI=1S/C24H32N10O9/c25-19-13-21(29-7-27-19)33(9-31-13)24-18(39)16(37)12(43-24)6-41-4-3-40-2-1-26-20-14-22(30-8-28-20)34(10-32-14)23-17(38)15(36)11(5-35)42-23/h7-12,15-18,23-24,35-39H,1-6H2,(H2,25,27,29)(H,26,28,30)/t11-,12-,15-,16-,17-,18-,23-,24-/m1/s1. The van der Waals surface area contributed by atoms with Gasteiger partial charge in [0.2, 0.25) is 0 Å². The zero-order valence-electron chi connectivity index (χ0n) is 22.7. The number of aromatic nitrogens is 8. The van der Waals surface area contributed by atoms with Crippen molar-refractivity contribution in [3.63, 3.8) is 0 Å².